The van der Waals surface area contributed by atoms with E-state index in [1.54, 1.807) is 31.2 Å². The Hall–Kier alpha value is -1.57. The number of carbonyl (C=O) groups excluding carboxylic acids is 2. The third kappa shape index (κ3) is 3.91. The standard InChI is InChI=1S/C16H18ClNO5S/c1-8(16(23)24-11-5-3-10(17)4-6-11)14-13(9(2)19)15(22)18(14)7-12(20)21/h3-6,8-9,13-14,19H,7H2,1-2H3,(H,20,21)/t8?,9?,13?,14-/m1/s1. The van der Waals surface area contributed by atoms with E-state index in [1.807, 2.05) is 0 Å². The van der Waals surface area contributed by atoms with Gasteiger partial charge < -0.3 is 15.1 Å². The number of hydrogen-bond acceptors (Lipinski definition) is 5. The number of nitrogens with zero attached hydrogens (tertiary/aromatic N) is 1. The number of halogens is 1. The van der Waals surface area contributed by atoms with Crippen LogP contribution in [0, 0.1) is 11.8 Å². The van der Waals surface area contributed by atoms with Crippen LogP contribution in [-0.4, -0.2) is 50.8 Å². The van der Waals surface area contributed by atoms with Gasteiger partial charge in [0.25, 0.3) is 0 Å². The second-order valence-electron chi connectivity index (χ2n) is 5.78. The molecule has 0 radical (unpaired) electrons. The topological polar surface area (TPSA) is 94.9 Å². The lowest BCUT2D eigenvalue weighted by atomic mass is 9.77. The van der Waals surface area contributed by atoms with Crippen LogP contribution in [0.3, 0.4) is 0 Å². The fraction of sp³-hybridized carbons (Fsp3) is 0.438. The molecule has 1 fully saturated rings. The number of rotatable bonds is 6. The van der Waals surface area contributed by atoms with Crippen LogP contribution in [0.2, 0.25) is 5.02 Å². The van der Waals surface area contributed by atoms with Crippen LogP contribution in [0.5, 0.6) is 0 Å². The Morgan fingerprint density at radius 3 is 2.38 bits per heavy atom. The molecule has 1 aliphatic rings. The molecule has 1 aromatic rings. The fourth-order valence-electron chi connectivity index (χ4n) is 2.85. The van der Waals surface area contributed by atoms with Crippen molar-refractivity contribution in [2.45, 2.75) is 30.9 Å². The molecule has 6 nitrogen and oxygen atoms in total. The summed E-state index contributed by atoms with van der Waals surface area (Å²) in [5, 5.41) is 19.1. The number of benzene rings is 1. The third-order valence-corrected chi connectivity index (χ3v) is 5.37. The van der Waals surface area contributed by atoms with E-state index < -0.39 is 42.4 Å². The molecule has 24 heavy (non-hydrogen) atoms. The van der Waals surface area contributed by atoms with Gasteiger partial charge in [0, 0.05) is 15.8 Å². The first-order valence-corrected chi connectivity index (χ1v) is 8.59. The van der Waals surface area contributed by atoms with E-state index in [9.17, 15) is 19.5 Å². The maximum absolute atomic E-state index is 12.5. The highest BCUT2D eigenvalue weighted by Gasteiger charge is 2.53. The molecule has 1 heterocycles. The molecular weight excluding hydrogens is 354 g/mol. The molecule has 0 spiro atoms. The lowest BCUT2D eigenvalue weighted by molar-refractivity contribution is -0.173. The number of amides is 1. The largest absolute Gasteiger partial charge is 0.480 e. The van der Waals surface area contributed by atoms with Crippen molar-refractivity contribution in [1.29, 1.82) is 0 Å². The fourth-order valence-corrected chi connectivity index (χ4v) is 3.80. The molecule has 0 aliphatic carbocycles. The number of likely N-dealkylation sites (tertiary alicyclic amines) is 1. The van der Waals surface area contributed by atoms with Crippen molar-refractivity contribution < 1.29 is 24.6 Å². The molecule has 0 bridgehead atoms. The van der Waals surface area contributed by atoms with Gasteiger partial charge in [-0.05, 0) is 31.2 Å². The number of β-lactam (4-membered cyclic amide) rings is 1. The van der Waals surface area contributed by atoms with Gasteiger partial charge in [-0.15, -0.1) is 0 Å². The average Bonchev–Trinajstić information content (AvgIpc) is 2.50. The summed E-state index contributed by atoms with van der Waals surface area (Å²) in [6, 6.07) is 6.14. The number of aliphatic hydroxyl groups excluding tert-OH is 1. The maximum atomic E-state index is 12.5. The lowest BCUT2D eigenvalue weighted by Gasteiger charge is -2.49. The van der Waals surface area contributed by atoms with Crippen LogP contribution >= 0.6 is 23.4 Å². The molecule has 1 aliphatic heterocycles. The minimum atomic E-state index is -1.15. The first-order valence-electron chi connectivity index (χ1n) is 7.40. The Morgan fingerprint density at radius 2 is 1.88 bits per heavy atom. The Morgan fingerprint density at radius 1 is 1.29 bits per heavy atom. The van der Waals surface area contributed by atoms with Crippen LogP contribution in [0.1, 0.15) is 13.8 Å². The first kappa shape index (κ1) is 18.8. The van der Waals surface area contributed by atoms with Gasteiger partial charge in [-0.25, -0.2) is 0 Å². The summed E-state index contributed by atoms with van der Waals surface area (Å²) in [6.45, 7) is 2.64. The molecule has 3 unspecified atom stereocenters. The van der Waals surface area contributed by atoms with Crippen LogP contribution in [0.4, 0.5) is 0 Å². The van der Waals surface area contributed by atoms with Gasteiger partial charge in [-0.2, -0.15) is 0 Å². The zero-order valence-corrected chi connectivity index (χ0v) is 14.8. The van der Waals surface area contributed by atoms with Crippen LogP contribution in [0.25, 0.3) is 0 Å². The second-order valence-corrected chi connectivity index (χ2v) is 7.29. The predicted molar refractivity (Wildman–Crippen MR) is 89.8 cm³/mol. The van der Waals surface area contributed by atoms with Gasteiger partial charge in [0.05, 0.1) is 18.1 Å². The minimum absolute atomic E-state index is 0.198. The predicted octanol–water partition coefficient (Wildman–Crippen LogP) is 1.89. The Balaban J connectivity index is 2.12. The van der Waals surface area contributed by atoms with Crippen molar-refractivity contribution >= 4 is 40.4 Å². The van der Waals surface area contributed by atoms with Gasteiger partial charge in [-0.1, -0.05) is 30.3 Å². The van der Waals surface area contributed by atoms with Crippen molar-refractivity contribution in [3.63, 3.8) is 0 Å². The highest BCUT2D eigenvalue weighted by Crippen LogP contribution is 2.37. The summed E-state index contributed by atoms with van der Waals surface area (Å²) >= 11 is 6.82. The molecule has 2 N–H and O–H groups in total. The smallest absolute Gasteiger partial charge is 0.323 e. The summed E-state index contributed by atoms with van der Waals surface area (Å²) in [6.07, 6.45) is -0.941. The van der Waals surface area contributed by atoms with Gasteiger partial charge in [0.1, 0.15) is 6.54 Å². The number of aliphatic hydroxyl groups is 1. The van der Waals surface area contributed by atoms with E-state index in [2.05, 4.69) is 0 Å². The van der Waals surface area contributed by atoms with Gasteiger partial charge in [-0.3, -0.25) is 14.4 Å². The number of carboxylic acid groups (broad SMARTS) is 1. The second kappa shape index (κ2) is 7.55. The van der Waals surface area contributed by atoms with Gasteiger partial charge in [0.15, 0.2) is 5.12 Å². The summed E-state index contributed by atoms with van der Waals surface area (Å²) < 4.78 is 0. The summed E-state index contributed by atoms with van der Waals surface area (Å²) in [5.41, 5.74) is 0. The van der Waals surface area contributed by atoms with Crippen molar-refractivity contribution in [3.05, 3.63) is 29.3 Å². The van der Waals surface area contributed by atoms with E-state index in [-0.39, 0.29) is 5.12 Å². The molecule has 0 aromatic heterocycles. The zero-order chi connectivity index (χ0) is 18.0. The van der Waals surface area contributed by atoms with Gasteiger partial charge in [0.2, 0.25) is 5.91 Å². The number of aliphatic carboxylic acids is 1. The van der Waals surface area contributed by atoms with Crippen LogP contribution < -0.4 is 0 Å². The highest BCUT2D eigenvalue weighted by atomic mass is 35.5. The molecule has 0 saturated carbocycles. The quantitative estimate of drug-likeness (QED) is 0.585. The highest BCUT2D eigenvalue weighted by molar-refractivity contribution is 8.13. The molecule has 4 atom stereocenters. The van der Waals surface area contributed by atoms with Crippen molar-refractivity contribution in [2.24, 2.45) is 11.8 Å². The molecule has 1 saturated heterocycles. The Labute approximate surface area is 148 Å². The molecular formula is C16H18ClNO5S. The van der Waals surface area contributed by atoms with E-state index in [0.717, 1.165) is 16.7 Å². The number of thioether (sulfide) groups is 1. The minimum Gasteiger partial charge on any atom is -0.480 e. The van der Waals surface area contributed by atoms with E-state index in [1.165, 1.54) is 6.92 Å². The summed E-state index contributed by atoms with van der Waals surface area (Å²) in [5.74, 6) is -2.95. The molecule has 130 valence electrons. The summed E-state index contributed by atoms with van der Waals surface area (Å²) in [7, 11) is 0. The molecule has 1 aromatic carbocycles. The summed E-state index contributed by atoms with van der Waals surface area (Å²) in [4.78, 5) is 37.3. The molecule has 2 rings (SSSR count). The average molecular weight is 372 g/mol. The monoisotopic (exact) mass is 371 g/mol. The zero-order valence-electron chi connectivity index (χ0n) is 13.2. The number of carbonyl (C=O) groups is 3. The third-order valence-electron chi connectivity index (χ3n) is 4.04. The van der Waals surface area contributed by atoms with Gasteiger partial charge >= 0.3 is 5.97 Å². The van der Waals surface area contributed by atoms with Crippen molar-refractivity contribution in [1.82, 2.24) is 4.90 Å². The van der Waals surface area contributed by atoms with Crippen LogP contribution in [-0.2, 0) is 14.4 Å². The number of carboxylic acids is 1. The SMILES string of the molecule is CC(O)C1C(=O)N(CC(=O)O)[C@@H]1C(C)C(=O)Sc1ccc(Cl)cc1. The normalized spacial score (nSPS) is 22.7. The van der Waals surface area contributed by atoms with Crippen molar-refractivity contribution in [3.8, 4) is 0 Å². The van der Waals surface area contributed by atoms with E-state index in [0.29, 0.717) is 9.92 Å². The lowest BCUT2D eigenvalue weighted by Crippen LogP contribution is -2.68. The van der Waals surface area contributed by atoms with E-state index in [4.69, 9.17) is 16.7 Å². The van der Waals surface area contributed by atoms with E-state index >= 15 is 0 Å². The maximum Gasteiger partial charge on any atom is 0.323 e. The Bertz CT molecular complexity index is 648. The molecule has 8 heteroatoms. The molecule has 1 amide bonds. The number of hydrogen-bond donors (Lipinski definition) is 2. The first-order chi connectivity index (χ1) is 11.2. The van der Waals surface area contributed by atoms with Crippen LogP contribution in [0.15, 0.2) is 29.2 Å². The van der Waals surface area contributed by atoms with Crippen molar-refractivity contribution in [2.75, 3.05) is 6.54 Å². The Kier molecular flexibility index (Phi) is 5.90.